The minimum atomic E-state index is -3.34. The van der Waals surface area contributed by atoms with Crippen LogP contribution in [0.25, 0.3) is 0 Å². The Morgan fingerprint density at radius 1 is 0.870 bits per heavy atom. The Bertz CT molecular complexity index is 749. The third-order valence-corrected chi connectivity index (χ3v) is 5.32. The Hall–Kier alpha value is -1.65. The molecule has 23 heavy (non-hydrogen) atoms. The van der Waals surface area contributed by atoms with Crippen LogP contribution in [0, 0.1) is 6.92 Å². The Morgan fingerprint density at radius 3 is 2.13 bits per heavy atom. The van der Waals surface area contributed by atoms with E-state index in [1.165, 1.54) is 11.1 Å². The molecule has 2 aromatic rings. The van der Waals surface area contributed by atoms with Crippen LogP contribution in [0.4, 0.5) is 0 Å². The van der Waals surface area contributed by atoms with E-state index in [4.69, 9.17) is 0 Å². The number of rotatable bonds is 7. The number of aryl methyl sites for hydroxylation is 3. The van der Waals surface area contributed by atoms with Gasteiger partial charge in [-0.15, -0.1) is 0 Å². The van der Waals surface area contributed by atoms with Gasteiger partial charge in [-0.3, -0.25) is 0 Å². The molecule has 0 spiro atoms. The molecule has 2 rings (SSSR count). The van der Waals surface area contributed by atoms with Crippen molar-refractivity contribution >= 4 is 10.0 Å². The third kappa shape index (κ3) is 5.19. The lowest BCUT2D eigenvalue weighted by molar-refractivity contribution is 0.580. The van der Waals surface area contributed by atoms with Crippen LogP contribution in [0.3, 0.4) is 0 Å². The molecule has 0 aliphatic rings. The summed E-state index contributed by atoms with van der Waals surface area (Å²) >= 11 is 0. The molecule has 4 heteroatoms. The largest absolute Gasteiger partial charge is 0.216 e. The van der Waals surface area contributed by atoms with E-state index in [1.807, 2.05) is 31.2 Å². The van der Waals surface area contributed by atoms with Crippen LogP contribution in [-0.4, -0.2) is 8.42 Å². The fourth-order valence-corrected chi connectivity index (χ4v) is 3.66. The van der Waals surface area contributed by atoms with Crippen LogP contribution in [0.15, 0.2) is 42.5 Å². The van der Waals surface area contributed by atoms with Gasteiger partial charge in [0, 0.05) is 6.54 Å². The van der Waals surface area contributed by atoms with Crippen LogP contribution in [0.1, 0.15) is 41.7 Å². The summed E-state index contributed by atoms with van der Waals surface area (Å²) in [6.45, 7) is 6.53. The minimum Gasteiger partial charge on any atom is -0.212 e. The fourth-order valence-electron chi connectivity index (χ4n) is 2.55. The van der Waals surface area contributed by atoms with Gasteiger partial charge in [-0.2, -0.15) is 0 Å². The van der Waals surface area contributed by atoms with E-state index < -0.39 is 10.0 Å². The van der Waals surface area contributed by atoms with Gasteiger partial charge in [-0.25, -0.2) is 13.1 Å². The minimum absolute atomic E-state index is 0.0161. The zero-order valence-electron chi connectivity index (χ0n) is 14.1. The standard InChI is InChI=1S/C19H25NO2S/c1-4-16-10-11-18(5-2)19(12-16)13-20-23(21,22)14-17-8-6-15(3)7-9-17/h6-12,20H,4-5,13-14H2,1-3H3. The van der Waals surface area contributed by atoms with Gasteiger partial charge in [0.1, 0.15) is 0 Å². The lowest BCUT2D eigenvalue weighted by Gasteiger charge is -2.12. The molecular formula is C19H25NO2S. The molecule has 2 aromatic carbocycles. The number of benzene rings is 2. The second kappa shape index (κ2) is 7.75. The Morgan fingerprint density at radius 2 is 1.52 bits per heavy atom. The van der Waals surface area contributed by atoms with Gasteiger partial charge in [0.25, 0.3) is 0 Å². The first-order valence-electron chi connectivity index (χ1n) is 8.07. The fraction of sp³-hybridized carbons (Fsp3) is 0.368. The van der Waals surface area contributed by atoms with Gasteiger partial charge in [0.15, 0.2) is 0 Å². The Kier molecular flexibility index (Phi) is 5.97. The maximum atomic E-state index is 12.3. The van der Waals surface area contributed by atoms with Crippen molar-refractivity contribution in [3.63, 3.8) is 0 Å². The van der Waals surface area contributed by atoms with E-state index in [1.54, 1.807) is 0 Å². The summed E-state index contributed by atoms with van der Waals surface area (Å²) in [4.78, 5) is 0. The molecule has 0 bridgehead atoms. The van der Waals surface area contributed by atoms with Gasteiger partial charge < -0.3 is 0 Å². The Balaban J connectivity index is 2.08. The lowest BCUT2D eigenvalue weighted by atomic mass is 10.0. The third-order valence-electron chi connectivity index (χ3n) is 4.02. The lowest BCUT2D eigenvalue weighted by Crippen LogP contribution is -2.25. The van der Waals surface area contributed by atoms with Gasteiger partial charge in [-0.1, -0.05) is 61.9 Å². The van der Waals surface area contributed by atoms with Crippen molar-refractivity contribution < 1.29 is 8.42 Å². The van der Waals surface area contributed by atoms with Crippen LogP contribution in [-0.2, 0) is 35.2 Å². The van der Waals surface area contributed by atoms with E-state index in [9.17, 15) is 8.42 Å². The molecule has 0 unspecified atom stereocenters. The van der Waals surface area contributed by atoms with Crippen molar-refractivity contribution in [1.29, 1.82) is 0 Å². The normalized spacial score (nSPS) is 11.6. The summed E-state index contributed by atoms with van der Waals surface area (Å²) in [6, 6.07) is 13.9. The van der Waals surface area contributed by atoms with E-state index >= 15 is 0 Å². The quantitative estimate of drug-likeness (QED) is 0.840. The van der Waals surface area contributed by atoms with Crippen LogP contribution in [0.5, 0.6) is 0 Å². The maximum absolute atomic E-state index is 12.3. The van der Waals surface area contributed by atoms with Gasteiger partial charge in [0.2, 0.25) is 10.0 Å². The van der Waals surface area contributed by atoms with Crippen molar-refractivity contribution in [2.45, 2.75) is 45.9 Å². The maximum Gasteiger partial charge on any atom is 0.216 e. The molecule has 0 amide bonds. The molecular weight excluding hydrogens is 306 g/mol. The molecule has 0 aliphatic carbocycles. The molecule has 0 fully saturated rings. The smallest absolute Gasteiger partial charge is 0.212 e. The van der Waals surface area contributed by atoms with Crippen molar-refractivity contribution in [3.8, 4) is 0 Å². The van der Waals surface area contributed by atoms with Crippen LogP contribution in [0.2, 0.25) is 0 Å². The molecule has 0 atom stereocenters. The highest BCUT2D eigenvalue weighted by atomic mass is 32.2. The molecule has 0 saturated heterocycles. The summed E-state index contributed by atoms with van der Waals surface area (Å²) in [5, 5.41) is 0. The average molecular weight is 331 g/mol. The topological polar surface area (TPSA) is 46.2 Å². The molecule has 0 saturated carbocycles. The van der Waals surface area contributed by atoms with E-state index in [-0.39, 0.29) is 5.75 Å². The predicted octanol–water partition coefficient (Wildman–Crippen LogP) is 3.74. The van der Waals surface area contributed by atoms with Crippen molar-refractivity contribution in [2.24, 2.45) is 0 Å². The van der Waals surface area contributed by atoms with E-state index in [0.717, 1.165) is 29.5 Å². The second-order valence-corrected chi connectivity index (χ2v) is 7.68. The first kappa shape index (κ1) is 17.7. The van der Waals surface area contributed by atoms with Crippen molar-refractivity contribution in [1.82, 2.24) is 4.72 Å². The molecule has 0 radical (unpaired) electrons. The zero-order chi connectivity index (χ0) is 16.9. The first-order valence-corrected chi connectivity index (χ1v) is 9.72. The zero-order valence-corrected chi connectivity index (χ0v) is 14.9. The SMILES string of the molecule is CCc1ccc(CC)c(CNS(=O)(=O)Cc2ccc(C)cc2)c1. The van der Waals surface area contributed by atoms with Crippen molar-refractivity contribution in [3.05, 3.63) is 70.3 Å². The predicted molar refractivity (Wildman–Crippen MR) is 95.8 cm³/mol. The molecule has 0 heterocycles. The number of hydrogen-bond acceptors (Lipinski definition) is 2. The van der Waals surface area contributed by atoms with Gasteiger partial charge in [0.05, 0.1) is 5.75 Å². The highest BCUT2D eigenvalue weighted by molar-refractivity contribution is 7.88. The molecule has 1 N–H and O–H groups in total. The summed E-state index contributed by atoms with van der Waals surface area (Å²) in [5.74, 6) is 0.0161. The number of nitrogens with one attached hydrogen (secondary N) is 1. The van der Waals surface area contributed by atoms with E-state index in [0.29, 0.717) is 6.54 Å². The van der Waals surface area contributed by atoms with E-state index in [2.05, 4.69) is 36.8 Å². The molecule has 3 nitrogen and oxygen atoms in total. The molecule has 124 valence electrons. The molecule has 0 aromatic heterocycles. The van der Waals surface area contributed by atoms with Gasteiger partial charge in [-0.05, 0) is 42.0 Å². The van der Waals surface area contributed by atoms with Gasteiger partial charge >= 0.3 is 0 Å². The van der Waals surface area contributed by atoms with Crippen LogP contribution >= 0.6 is 0 Å². The summed E-state index contributed by atoms with van der Waals surface area (Å²) in [5.41, 5.74) is 5.43. The second-order valence-electron chi connectivity index (χ2n) is 5.88. The average Bonchev–Trinajstić information content (AvgIpc) is 2.54. The summed E-state index contributed by atoms with van der Waals surface area (Å²) in [6.07, 6.45) is 1.85. The Labute approximate surface area is 139 Å². The number of sulfonamides is 1. The monoisotopic (exact) mass is 331 g/mol. The first-order chi connectivity index (χ1) is 10.9. The highest BCUT2D eigenvalue weighted by Gasteiger charge is 2.12. The van der Waals surface area contributed by atoms with Crippen molar-refractivity contribution in [2.75, 3.05) is 0 Å². The highest BCUT2D eigenvalue weighted by Crippen LogP contribution is 2.15. The number of hydrogen-bond donors (Lipinski definition) is 1. The molecule has 0 aliphatic heterocycles. The van der Waals surface area contributed by atoms with Crippen LogP contribution < -0.4 is 4.72 Å². The summed E-state index contributed by atoms with van der Waals surface area (Å²) < 4.78 is 27.3. The summed E-state index contributed by atoms with van der Waals surface area (Å²) in [7, 11) is -3.34.